The van der Waals surface area contributed by atoms with E-state index in [4.69, 9.17) is 0 Å². The second-order valence-electron chi connectivity index (χ2n) is 5.05. The second kappa shape index (κ2) is 6.38. The van der Waals surface area contributed by atoms with Crippen LogP contribution >= 0.6 is 0 Å². The number of rotatable bonds is 7. The molecule has 0 aliphatic carbocycles. The minimum atomic E-state index is -0.121. The number of likely N-dealkylation sites (N-methyl/N-ethyl adjacent to an activating group) is 1. The van der Waals surface area contributed by atoms with Crippen LogP contribution in [0.15, 0.2) is 0 Å². The predicted octanol–water partition coefficient (Wildman–Crippen LogP) is 0.935. The summed E-state index contributed by atoms with van der Waals surface area (Å²) in [4.78, 5) is 2.14. The molecular formula is C11H26N2O. The molecule has 0 heterocycles. The molecule has 0 saturated heterocycles. The number of nitrogens with zero attached hydrogens (tertiary/aromatic N) is 1. The quantitative estimate of drug-likeness (QED) is 0.645. The third-order valence-corrected chi connectivity index (χ3v) is 2.32. The van der Waals surface area contributed by atoms with Gasteiger partial charge in [-0.3, -0.25) is 0 Å². The van der Waals surface area contributed by atoms with Gasteiger partial charge >= 0.3 is 0 Å². The Hall–Kier alpha value is -0.120. The second-order valence-corrected chi connectivity index (χ2v) is 5.05. The van der Waals surface area contributed by atoms with Gasteiger partial charge in [0.1, 0.15) is 0 Å². The van der Waals surface area contributed by atoms with Crippen LogP contribution < -0.4 is 5.32 Å². The maximum Gasteiger partial charge on any atom is 0.0610 e. The van der Waals surface area contributed by atoms with Crippen LogP contribution in [0, 0.1) is 5.92 Å². The van der Waals surface area contributed by atoms with Crippen LogP contribution in [0.2, 0.25) is 0 Å². The van der Waals surface area contributed by atoms with E-state index in [1.807, 2.05) is 0 Å². The van der Waals surface area contributed by atoms with E-state index in [9.17, 15) is 5.11 Å². The van der Waals surface area contributed by atoms with Crippen molar-refractivity contribution in [2.24, 2.45) is 5.92 Å². The molecule has 14 heavy (non-hydrogen) atoms. The van der Waals surface area contributed by atoms with Crippen LogP contribution in [-0.2, 0) is 0 Å². The molecule has 0 fully saturated rings. The topological polar surface area (TPSA) is 35.5 Å². The van der Waals surface area contributed by atoms with E-state index in [1.54, 1.807) is 0 Å². The van der Waals surface area contributed by atoms with Crippen molar-refractivity contribution in [3.63, 3.8) is 0 Å². The lowest BCUT2D eigenvalue weighted by atomic mass is 9.91. The highest BCUT2D eigenvalue weighted by molar-refractivity contribution is 4.83. The molecule has 0 aromatic heterocycles. The zero-order chi connectivity index (χ0) is 11.2. The molecule has 86 valence electrons. The fourth-order valence-electron chi connectivity index (χ4n) is 1.67. The maximum atomic E-state index is 9.32. The van der Waals surface area contributed by atoms with Crippen LogP contribution in [0.1, 0.15) is 27.2 Å². The van der Waals surface area contributed by atoms with E-state index in [1.165, 1.54) is 0 Å². The normalized spacial score (nSPS) is 16.3. The summed E-state index contributed by atoms with van der Waals surface area (Å²) in [7, 11) is 4.11. The molecule has 3 nitrogen and oxygen atoms in total. The first kappa shape index (κ1) is 13.9. The van der Waals surface area contributed by atoms with Crippen molar-refractivity contribution in [2.45, 2.75) is 32.7 Å². The van der Waals surface area contributed by atoms with Gasteiger partial charge in [0.2, 0.25) is 0 Å². The lowest BCUT2D eigenvalue weighted by Crippen LogP contribution is -2.48. The summed E-state index contributed by atoms with van der Waals surface area (Å²) in [6.45, 7) is 8.59. The zero-order valence-corrected chi connectivity index (χ0v) is 10.3. The monoisotopic (exact) mass is 202 g/mol. The van der Waals surface area contributed by atoms with Crippen LogP contribution in [0.4, 0.5) is 0 Å². The largest absolute Gasteiger partial charge is 0.394 e. The number of hydrogen-bond acceptors (Lipinski definition) is 3. The number of hydrogen-bond donors (Lipinski definition) is 2. The van der Waals surface area contributed by atoms with Gasteiger partial charge in [0.05, 0.1) is 6.61 Å². The van der Waals surface area contributed by atoms with Gasteiger partial charge in [0.25, 0.3) is 0 Å². The van der Waals surface area contributed by atoms with Gasteiger partial charge in [-0.1, -0.05) is 13.8 Å². The maximum absolute atomic E-state index is 9.32. The van der Waals surface area contributed by atoms with E-state index < -0.39 is 0 Å². The summed E-state index contributed by atoms with van der Waals surface area (Å²) in [5, 5.41) is 12.7. The van der Waals surface area contributed by atoms with E-state index in [2.05, 4.69) is 45.1 Å². The Labute approximate surface area is 88.5 Å². The molecule has 0 amide bonds. The number of nitrogens with one attached hydrogen (secondary N) is 1. The lowest BCUT2D eigenvalue weighted by molar-refractivity contribution is 0.150. The average molecular weight is 202 g/mol. The van der Waals surface area contributed by atoms with Crippen molar-refractivity contribution in [3.8, 4) is 0 Å². The molecule has 0 aromatic rings. The lowest BCUT2D eigenvalue weighted by Gasteiger charge is -2.31. The van der Waals surface area contributed by atoms with Crippen molar-refractivity contribution in [1.82, 2.24) is 10.2 Å². The van der Waals surface area contributed by atoms with Gasteiger partial charge in [-0.2, -0.15) is 0 Å². The van der Waals surface area contributed by atoms with Gasteiger partial charge in [-0.25, -0.2) is 0 Å². The number of aliphatic hydroxyl groups is 1. The smallest absolute Gasteiger partial charge is 0.0610 e. The summed E-state index contributed by atoms with van der Waals surface area (Å²) >= 11 is 0. The van der Waals surface area contributed by atoms with Gasteiger partial charge in [-0.05, 0) is 33.4 Å². The highest BCUT2D eigenvalue weighted by Gasteiger charge is 2.23. The number of aliphatic hydroxyl groups excluding tert-OH is 1. The summed E-state index contributed by atoms with van der Waals surface area (Å²) in [5.74, 6) is 0.610. The third kappa shape index (κ3) is 6.35. The first-order valence-electron chi connectivity index (χ1n) is 5.40. The Balaban J connectivity index is 3.86. The van der Waals surface area contributed by atoms with Crippen LogP contribution in [0.5, 0.6) is 0 Å². The van der Waals surface area contributed by atoms with Crippen LogP contribution in [-0.4, -0.2) is 49.3 Å². The molecule has 0 aliphatic rings. The Bertz CT molecular complexity index is 148. The molecule has 0 rings (SSSR count). The Morgan fingerprint density at radius 3 is 2.29 bits per heavy atom. The minimum Gasteiger partial charge on any atom is -0.394 e. The van der Waals surface area contributed by atoms with Crippen molar-refractivity contribution in [3.05, 3.63) is 0 Å². The van der Waals surface area contributed by atoms with Crippen molar-refractivity contribution >= 4 is 0 Å². The SMILES string of the molecule is CC(C)CC(C)(CO)NCCN(C)C. The van der Waals surface area contributed by atoms with E-state index in [0.717, 1.165) is 19.5 Å². The van der Waals surface area contributed by atoms with Crippen LogP contribution in [0.3, 0.4) is 0 Å². The molecule has 0 aromatic carbocycles. The molecule has 3 heteroatoms. The average Bonchev–Trinajstić information content (AvgIpc) is 2.02. The van der Waals surface area contributed by atoms with Gasteiger partial charge in [0, 0.05) is 18.6 Å². The first-order chi connectivity index (χ1) is 6.39. The zero-order valence-electron chi connectivity index (χ0n) is 10.3. The summed E-state index contributed by atoms with van der Waals surface area (Å²) < 4.78 is 0. The Morgan fingerprint density at radius 1 is 1.36 bits per heavy atom. The summed E-state index contributed by atoms with van der Waals surface area (Å²) in [5.41, 5.74) is -0.121. The van der Waals surface area contributed by atoms with Gasteiger partial charge < -0.3 is 15.3 Å². The molecule has 1 atom stereocenters. The molecule has 0 spiro atoms. The summed E-state index contributed by atoms with van der Waals surface area (Å²) in [6.07, 6.45) is 1.01. The van der Waals surface area contributed by atoms with E-state index in [0.29, 0.717) is 5.92 Å². The highest BCUT2D eigenvalue weighted by Crippen LogP contribution is 2.15. The molecule has 1 unspecified atom stereocenters. The van der Waals surface area contributed by atoms with Crippen molar-refractivity contribution in [2.75, 3.05) is 33.8 Å². The van der Waals surface area contributed by atoms with Gasteiger partial charge in [-0.15, -0.1) is 0 Å². The molecule has 0 radical (unpaired) electrons. The first-order valence-corrected chi connectivity index (χ1v) is 5.40. The molecule has 0 aliphatic heterocycles. The fraction of sp³-hybridized carbons (Fsp3) is 1.00. The van der Waals surface area contributed by atoms with Gasteiger partial charge in [0.15, 0.2) is 0 Å². The third-order valence-electron chi connectivity index (χ3n) is 2.32. The molecule has 2 N–H and O–H groups in total. The van der Waals surface area contributed by atoms with Crippen molar-refractivity contribution < 1.29 is 5.11 Å². The predicted molar refractivity (Wildman–Crippen MR) is 61.5 cm³/mol. The fourth-order valence-corrected chi connectivity index (χ4v) is 1.67. The standard InChI is InChI=1S/C11H26N2O/c1-10(2)8-11(3,9-14)12-6-7-13(4)5/h10,12,14H,6-9H2,1-5H3. The van der Waals surface area contributed by atoms with E-state index >= 15 is 0 Å². The van der Waals surface area contributed by atoms with E-state index in [-0.39, 0.29) is 12.1 Å². The molecule has 0 saturated carbocycles. The minimum absolute atomic E-state index is 0.121. The van der Waals surface area contributed by atoms with Crippen LogP contribution in [0.25, 0.3) is 0 Å². The Kier molecular flexibility index (Phi) is 6.33. The molecular weight excluding hydrogens is 176 g/mol. The van der Waals surface area contributed by atoms with Crippen molar-refractivity contribution in [1.29, 1.82) is 0 Å². The highest BCUT2D eigenvalue weighted by atomic mass is 16.3. The summed E-state index contributed by atoms with van der Waals surface area (Å²) in [6, 6.07) is 0. The molecule has 0 bridgehead atoms. The Morgan fingerprint density at radius 2 is 1.93 bits per heavy atom.